The van der Waals surface area contributed by atoms with Crippen molar-refractivity contribution in [1.29, 1.82) is 0 Å². The molecule has 0 atom stereocenters. The third-order valence-electron chi connectivity index (χ3n) is 1.58. The number of halogens is 1. The lowest BCUT2D eigenvalue weighted by molar-refractivity contribution is -0.114. The van der Waals surface area contributed by atoms with Gasteiger partial charge in [-0.2, -0.15) is 0 Å². The van der Waals surface area contributed by atoms with Gasteiger partial charge in [0.2, 0.25) is 0 Å². The van der Waals surface area contributed by atoms with Crippen molar-refractivity contribution in [2.45, 2.75) is 12.7 Å². The summed E-state index contributed by atoms with van der Waals surface area (Å²) in [6.45, 7) is 1.20. The van der Waals surface area contributed by atoms with Crippen molar-refractivity contribution in [3.05, 3.63) is 29.8 Å². The Hall–Kier alpha value is -1.30. The van der Waals surface area contributed by atoms with Crippen LogP contribution in [0.2, 0.25) is 0 Å². The van der Waals surface area contributed by atoms with E-state index in [1.807, 2.05) is 0 Å². The highest BCUT2D eigenvalue weighted by Gasteiger charge is 2.15. The molecule has 0 radical (unpaired) electrons. The fourth-order valence-electron chi connectivity index (χ4n) is 1.08. The molecule has 1 aromatic heterocycles. The molecule has 1 aromatic rings. The van der Waals surface area contributed by atoms with Gasteiger partial charge in [0.25, 0.3) is 0 Å². The van der Waals surface area contributed by atoms with E-state index in [-0.39, 0.29) is 11.4 Å². The fourth-order valence-corrected chi connectivity index (χ4v) is 2.42. The van der Waals surface area contributed by atoms with E-state index in [0.717, 1.165) is 12.3 Å². The average molecular weight is 231 g/mol. The van der Waals surface area contributed by atoms with Crippen LogP contribution < -0.4 is 0 Å². The van der Waals surface area contributed by atoms with Gasteiger partial charge in [0.05, 0.1) is 17.6 Å². The zero-order valence-electron chi connectivity index (χ0n) is 8.10. The Morgan fingerprint density at radius 2 is 2.13 bits per heavy atom. The van der Waals surface area contributed by atoms with E-state index in [9.17, 15) is 17.6 Å². The van der Waals surface area contributed by atoms with Gasteiger partial charge in [0.1, 0.15) is 17.4 Å². The molecule has 1 rings (SSSR count). The fraction of sp³-hybridized carbons (Fsp3) is 0.333. The summed E-state index contributed by atoms with van der Waals surface area (Å²) in [4.78, 5) is 14.2. The minimum atomic E-state index is -3.48. The highest BCUT2D eigenvalue weighted by molar-refractivity contribution is 7.91. The summed E-state index contributed by atoms with van der Waals surface area (Å²) in [5.41, 5.74) is 0.234. The maximum atomic E-state index is 12.5. The number of carbonyl (C=O) groups is 1. The van der Waals surface area contributed by atoms with Crippen LogP contribution in [0, 0.1) is 5.82 Å². The first-order valence-electron chi connectivity index (χ1n) is 4.19. The molecule has 82 valence electrons. The number of nitrogens with zero attached hydrogens (tertiary/aromatic N) is 1. The van der Waals surface area contributed by atoms with E-state index in [1.54, 1.807) is 0 Å². The van der Waals surface area contributed by atoms with Crippen LogP contribution in [-0.4, -0.2) is 24.9 Å². The standard InChI is InChI=1S/C9H10FNO3S/c1-7(12)5-15(13,14)6-9-3-2-8(10)4-11-9/h2-4H,5-6H2,1H3. The summed E-state index contributed by atoms with van der Waals surface area (Å²) in [6.07, 6.45) is 0.943. The summed E-state index contributed by atoms with van der Waals surface area (Å²) in [5, 5.41) is 0. The van der Waals surface area contributed by atoms with Crippen LogP contribution in [0.25, 0.3) is 0 Å². The van der Waals surface area contributed by atoms with Crippen molar-refractivity contribution in [3.63, 3.8) is 0 Å². The molecule has 0 aliphatic carbocycles. The van der Waals surface area contributed by atoms with Crippen molar-refractivity contribution in [3.8, 4) is 0 Å². The van der Waals surface area contributed by atoms with Crippen LogP contribution in [-0.2, 0) is 20.4 Å². The molecule has 0 saturated heterocycles. The second kappa shape index (κ2) is 4.48. The molecule has 15 heavy (non-hydrogen) atoms. The number of sulfone groups is 1. The number of hydrogen-bond donors (Lipinski definition) is 0. The maximum absolute atomic E-state index is 12.5. The van der Waals surface area contributed by atoms with Crippen molar-refractivity contribution < 1.29 is 17.6 Å². The Morgan fingerprint density at radius 1 is 1.47 bits per heavy atom. The van der Waals surface area contributed by atoms with Gasteiger partial charge in [-0.1, -0.05) is 0 Å². The lowest BCUT2D eigenvalue weighted by Crippen LogP contribution is -2.15. The summed E-state index contributed by atoms with van der Waals surface area (Å²) in [7, 11) is -3.48. The molecular formula is C9H10FNO3S. The number of rotatable bonds is 4. The Kier molecular flexibility index (Phi) is 3.52. The predicted molar refractivity (Wildman–Crippen MR) is 52.4 cm³/mol. The topological polar surface area (TPSA) is 64.1 Å². The van der Waals surface area contributed by atoms with Crippen LogP contribution in [0.15, 0.2) is 18.3 Å². The molecule has 0 N–H and O–H groups in total. The second-order valence-electron chi connectivity index (χ2n) is 3.20. The van der Waals surface area contributed by atoms with Crippen LogP contribution >= 0.6 is 0 Å². The van der Waals surface area contributed by atoms with Crippen LogP contribution in [0.4, 0.5) is 4.39 Å². The minimum absolute atomic E-state index is 0.234. The molecule has 0 saturated carbocycles. The van der Waals surface area contributed by atoms with E-state index in [2.05, 4.69) is 4.98 Å². The van der Waals surface area contributed by atoms with Crippen LogP contribution in [0.3, 0.4) is 0 Å². The molecule has 0 fully saturated rings. The number of pyridine rings is 1. The van der Waals surface area contributed by atoms with E-state index in [1.165, 1.54) is 13.0 Å². The third-order valence-corrected chi connectivity index (χ3v) is 3.16. The molecule has 0 spiro atoms. The molecule has 0 bridgehead atoms. The molecule has 6 heteroatoms. The highest BCUT2D eigenvalue weighted by Crippen LogP contribution is 2.04. The maximum Gasteiger partial charge on any atom is 0.163 e. The Morgan fingerprint density at radius 3 is 2.60 bits per heavy atom. The SMILES string of the molecule is CC(=O)CS(=O)(=O)Cc1ccc(F)cn1. The highest BCUT2D eigenvalue weighted by atomic mass is 32.2. The second-order valence-corrected chi connectivity index (χ2v) is 5.27. The molecular weight excluding hydrogens is 221 g/mol. The molecule has 0 aliphatic rings. The Labute approximate surface area is 87.1 Å². The smallest absolute Gasteiger partial charge is 0.163 e. The molecule has 0 amide bonds. The van der Waals surface area contributed by atoms with Crippen molar-refractivity contribution in [1.82, 2.24) is 4.98 Å². The van der Waals surface area contributed by atoms with E-state index < -0.39 is 27.2 Å². The normalized spacial score (nSPS) is 11.3. The van der Waals surface area contributed by atoms with Gasteiger partial charge in [-0.3, -0.25) is 9.78 Å². The summed E-state index contributed by atoms with van der Waals surface area (Å²) in [6, 6.07) is 2.42. The lowest BCUT2D eigenvalue weighted by Gasteiger charge is -2.01. The van der Waals surface area contributed by atoms with Crippen LogP contribution in [0.1, 0.15) is 12.6 Å². The zero-order chi connectivity index (χ0) is 11.5. The predicted octanol–water partition coefficient (Wildman–Crippen LogP) is 0.725. The van der Waals surface area contributed by atoms with Gasteiger partial charge in [-0.25, -0.2) is 12.8 Å². The van der Waals surface area contributed by atoms with E-state index >= 15 is 0 Å². The van der Waals surface area contributed by atoms with Gasteiger partial charge in [-0.15, -0.1) is 0 Å². The third kappa shape index (κ3) is 4.16. The van der Waals surface area contributed by atoms with Crippen molar-refractivity contribution in [2.24, 2.45) is 0 Å². The van der Waals surface area contributed by atoms with Crippen LogP contribution in [0.5, 0.6) is 0 Å². The Balaban J connectivity index is 2.78. The quantitative estimate of drug-likeness (QED) is 0.766. The number of Topliss-reactive ketones (excluding diaryl/α,β-unsaturated/α-hetero) is 1. The monoisotopic (exact) mass is 231 g/mol. The summed E-state index contributed by atoms with van der Waals surface area (Å²) < 4.78 is 35.1. The molecule has 0 aromatic carbocycles. The minimum Gasteiger partial charge on any atom is -0.299 e. The van der Waals surface area contributed by atoms with Crippen molar-refractivity contribution in [2.75, 3.05) is 5.75 Å². The van der Waals surface area contributed by atoms with E-state index in [0.29, 0.717) is 0 Å². The first kappa shape index (κ1) is 11.8. The van der Waals surface area contributed by atoms with Crippen molar-refractivity contribution >= 4 is 15.6 Å². The number of hydrogen-bond acceptors (Lipinski definition) is 4. The number of carbonyl (C=O) groups excluding carboxylic acids is 1. The van der Waals surface area contributed by atoms with Gasteiger partial charge in [0.15, 0.2) is 9.84 Å². The molecule has 0 unspecified atom stereocenters. The summed E-state index contributed by atoms with van der Waals surface area (Å²) in [5.74, 6) is -1.79. The van der Waals surface area contributed by atoms with Gasteiger partial charge >= 0.3 is 0 Å². The number of ketones is 1. The zero-order valence-corrected chi connectivity index (χ0v) is 8.92. The lowest BCUT2D eigenvalue weighted by atomic mass is 10.4. The first-order valence-corrected chi connectivity index (χ1v) is 6.01. The molecule has 4 nitrogen and oxygen atoms in total. The average Bonchev–Trinajstić information content (AvgIpc) is 2.06. The Bertz CT molecular complexity index is 453. The van der Waals surface area contributed by atoms with Gasteiger partial charge < -0.3 is 0 Å². The van der Waals surface area contributed by atoms with Gasteiger partial charge in [-0.05, 0) is 19.1 Å². The van der Waals surface area contributed by atoms with E-state index in [4.69, 9.17) is 0 Å². The van der Waals surface area contributed by atoms with Gasteiger partial charge in [0, 0.05) is 0 Å². The molecule has 0 aliphatic heterocycles. The largest absolute Gasteiger partial charge is 0.299 e. The number of aromatic nitrogens is 1. The first-order chi connectivity index (χ1) is 6.89. The molecule has 1 heterocycles. The summed E-state index contributed by atoms with van der Waals surface area (Å²) >= 11 is 0.